The normalized spacial score (nSPS) is 14.3. The molecule has 3 amide bonds. The summed E-state index contributed by atoms with van der Waals surface area (Å²) in [6, 6.07) is -1.70. The molecule has 3 unspecified atom stereocenters. The molecular weight excluding hydrogens is 328 g/mol. The van der Waals surface area contributed by atoms with Crippen molar-refractivity contribution in [2.75, 3.05) is 13.1 Å². The number of carbonyl (C=O) groups excluding carboxylic acids is 3. The number of carboxylic acids is 1. The number of carbonyl (C=O) groups is 4. The van der Waals surface area contributed by atoms with Gasteiger partial charge in [-0.1, -0.05) is 34.1 Å². The molecule has 0 aliphatic carbocycles. The Labute approximate surface area is 148 Å². The summed E-state index contributed by atoms with van der Waals surface area (Å²) in [6.45, 7) is 6.77. The van der Waals surface area contributed by atoms with Crippen LogP contribution >= 0.6 is 0 Å². The molecule has 0 aromatic carbocycles. The lowest BCUT2D eigenvalue weighted by molar-refractivity contribution is -0.142. The molecular formula is C16H30N4O5. The van der Waals surface area contributed by atoms with E-state index in [0.29, 0.717) is 6.42 Å². The van der Waals surface area contributed by atoms with Crippen LogP contribution in [0.15, 0.2) is 0 Å². The van der Waals surface area contributed by atoms with Gasteiger partial charge in [-0.3, -0.25) is 14.4 Å². The molecule has 9 heteroatoms. The van der Waals surface area contributed by atoms with Crippen molar-refractivity contribution in [2.24, 2.45) is 17.6 Å². The van der Waals surface area contributed by atoms with Crippen LogP contribution in [0.5, 0.6) is 0 Å². The lowest BCUT2D eigenvalue weighted by atomic mass is 9.99. The largest absolute Gasteiger partial charge is 0.480 e. The summed E-state index contributed by atoms with van der Waals surface area (Å²) in [4.78, 5) is 46.2. The zero-order chi connectivity index (χ0) is 19.6. The van der Waals surface area contributed by atoms with Crippen molar-refractivity contribution in [1.82, 2.24) is 16.0 Å². The van der Waals surface area contributed by atoms with E-state index < -0.39 is 35.8 Å². The molecule has 0 aromatic heterocycles. The van der Waals surface area contributed by atoms with Crippen molar-refractivity contribution >= 4 is 23.7 Å². The highest BCUT2D eigenvalue weighted by Gasteiger charge is 2.22. The fourth-order valence-electron chi connectivity index (χ4n) is 1.98. The SMILES string of the molecule is CCC(C)C(N)C(=O)NCC(=O)NCC(=O)NC(CC(C)C)C(=O)O. The van der Waals surface area contributed by atoms with Gasteiger partial charge in [-0.15, -0.1) is 0 Å². The molecule has 0 fully saturated rings. The first-order valence-electron chi connectivity index (χ1n) is 8.40. The number of amides is 3. The Kier molecular flexibility index (Phi) is 10.4. The minimum atomic E-state index is -1.13. The van der Waals surface area contributed by atoms with Crippen LogP contribution < -0.4 is 21.7 Å². The van der Waals surface area contributed by atoms with Crippen molar-refractivity contribution in [1.29, 1.82) is 0 Å². The van der Waals surface area contributed by atoms with Gasteiger partial charge >= 0.3 is 5.97 Å². The van der Waals surface area contributed by atoms with Gasteiger partial charge < -0.3 is 26.8 Å². The fraction of sp³-hybridized carbons (Fsp3) is 0.750. The lowest BCUT2D eigenvalue weighted by Crippen LogP contribution is -2.49. The molecule has 144 valence electrons. The number of hydrogen-bond donors (Lipinski definition) is 5. The molecule has 0 heterocycles. The van der Waals surface area contributed by atoms with Crippen LogP contribution in [0.4, 0.5) is 0 Å². The molecule has 0 saturated carbocycles. The van der Waals surface area contributed by atoms with Gasteiger partial charge in [0.1, 0.15) is 6.04 Å². The zero-order valence-corrected chi connectivity index (χ0v) is 15.3. The van der Waals surface area contributed by atoms with Crippen LogP contribution in [-0.2, 0) is 19.2 Å². The predicted octanol–water partition coefficient (Wildman–Crippen LogP) is -0.792. The van der Waals surface area contributed by atoms with Gasteiger partial charge in [0.05, 0.1) is 19.1 Å². The van der Waals surface area contributed by atoms with E-state index in [1.54, 1.807) is 0 Å². The van der Waals surface area contributed by atoms with Crippen molar-refractivity contribution in [3.8, 4) is 0 Å². The summed E-state index contributed by atoms with van der Waals surface area (Å²) >= 11 is 0. The number of hydrogen-bond acceptors (Lipinski definition) is 5. The Morgan fingerprint density at radius 1 is 1.00 bits per heavy atom. The molecule has 0 radical (unpaired) electrons. The summed E-state index contributed by atoms with van der Waals surface area (Å²) in [7, 11) is 0. The number of carboxylic acid groups (broad SMARTS) is 1. The molecule has 0 rings (SSSR count). The predicted molar refractivity (Wildman–Crippen MR) is 92.5 cm³/mol. The molecule has 0 aromatic rings. The molecule has 9 nitrogen and oxygen atoms in total. The highest BCUT2D eigenvalue weighted by molar-refractivity contribution is 5.90. The Morgan fingerprint density at radius 2 is 1.56 bits per heavy atom. The van der Waals surface area contributed by atoms with Crippen molar-refractivity contribution in [2.45, 2.75) is 52.6 Å². The maximum Gasteiger partial charge on any atom is 0.326 e. The van der Waals surface area contributed by atoms with Crippen LogP contribution in [0.3, 0.4) is 0 Å². The summed E-state index contributed by atoms with van der Waals surface area (Å²) in [5.74, 6) is -2.64. The summed E-state index contributed by atoms with van der Waals surface area (Å²) in [5.41, 5.74) is 5.74. The molecule has 0 bridgehead atoms. The molecule has 0 saturated heterocycles. The van der Waals surface area contributed by atoms with Gasteiger partial charge in [-0.25, -0.2) is 4.79 Å². The van der Waals surface area contributed by atoms with E-state index in [1.807, 2.05) is 27.7 Å². The number of rotatable bonds is 11. The average Bonchev–Trinajstić information content (AvgIpc) is 2.55. The van der Waals surface area contributed by atoms with E-state index in [0.717, 1.165) is 6.42 Å². The van der Waals surface area contributed by atoms with Gasteiger partial charge in [-0.05, 0) is 18.3 Å². The van der Waals surface area contributed by atoms with Crippen molar-refractivity contribution < 1.29 is 24.3 Å². The molecule has 3 atom stereocenters. The van der Waals surface area contributed by atoms with Crippen molar-refractivity contribution in [3.63, 3.8) is 0 Å². The smallest absolute Gasteiger partial charge is 0.326 e. The van der Waals surface area contributed by atoms with Crippen LogP contribution in [0, 0.1) is 11.8 Å². The van der Waals surface area contributed by atoms with Crippen LogP contribution in [0.25, 0.3) is 0 Å². The molecule has 6 N–H and O–H groups in total. The maximum atomic E-state index is 11.7. The standard InChI is InChI=1S/C16H30N4O5/c1-5-10(4)14(17)15(23)19-7-12(21)18-8-13(22)20-11(16(24)25)6-9(2)3/h9-11,14H,5-8,17H2,1-4H3,(H,18,21)(H,19,23)(H,20,22)(H,24,25). The lowest BCUT2D eigenvalue weighted by Gasteiger charge is -2.18. The van der Waals surface area contributed by atoms with Crippen LogP contribution in [0.1, 0.15) is 40.5 Å². The van der Waals surface area contributed by atoms with Crippen molar-refractivity contribution in [3.05, 3.63) is 0 Å². The fourth-order valence-corrected chi connectivity index (χ4v) is 1.98. The maximum absolute atomic E-state index is 11.7. The van der Waals surface area contributed by atoms with Crippen LogP contribution in [0.2, 0.25) is 0 Å². The van der Waals surface area contributed by atoms with Gasteiger partial charge in [0.15, 0.2) is 0 Å². The summed E-state index contributed by atoms with van der Waals surface area (Å²) < 4.78 is 0. The minimum absolute atomic E-state index is 0.0113. The Bertz CT molecular complexity index is 481. The van der Waals surface area contributed by atoms with E-state index in [-0.39, 0.29) is 24.9 Å². The second-order valence-electron chi connectivity index (χ2n) is 6.49. The molecule has 0 aliphatic heterocycles. The van der Waals surface area contributed by atoms with Gasteiger partial charge in [0, 0.05) is 0 Å². The first kappa shape index (κ1) is 22.8. The second kappa shape index (κ2) is 11.4. The third-order valence-corrected chi connectivity index (χ3v) is 3.77. The quantitative estimate of drug-likeness (QED) is 0.326. The third kappa shape index (κ3) is 9.65. The first-order chi connectivity index (χ1) is 11.6. The summed E-state index contributed by atoms with van der Waals surface area (Å²) in [6.07, 6.45) is 1.03. The third-order valence-electron chi connectivity index (χ3n) is 3.77. The van der Waals surface area contributed by atoms with E-state index in [2.05, 4.69) is 16.0 Å². The van der Waals surface area contributed by atoms with Gasteiger partial charge in [0.25, 0.3) is 0 Å². The number of aliphatic carboxylic acids is 1. The number of nitrogens with one attached hydrogen (secondary N) is 3. The second-order valence-corrected chi connectivity index (χ2v) is 6.49. The Morgan fingerprint density at radius 3 is 2.04 bits per heavy atom. The molecule has 0 aliphatic rings. The highest BCUT2D eigenvalue weighted by atomic mass is 16.4. The zero-order valence-electron chi connectivity index (χ0n) is 15.3. The highest BCUT2D eigenvalue weighted by Crippen LogP contribution is 2.05. The first-order valence-corrected chi connectivity index (χ1v) is 8.40. The number of nitrogens with two attached hydrogens (primary N) is 1. The molecule has 0 spiro atoms. The minimum Gasteiger partial charge on any atom is -0.480 e. The van der Waals surface area contributed by atoms with E-state index >= 15 is 0 Å². The summed E-state index contributed by atoms with van der Waals surface area (Å²) in [5, 5.41) is 16.1. The van der Waals surface area contributed by atoms with E-state index in [1.165, 1.54) is 0 Å². The van der Waals surface area contributed by atoms with E-state index in [4.69, 9.17) is 10.8 Å². The van der Waals surface area contributed by atoms with Gasteiger partial charge in [0.2, 0.25) is 17.7 Å². The van der Waals surface area contributed by atoms with Crippen LogP contribution in [-0.4, -0.2) is 54.0 Å². The van der Waals surface area contributed by atoms with Gasteiger partial charge in [-0.2, -0.15) is 0 Å². The Balaban J connectivity index is 4.22. The topological polar surface area (TPSA) is 151 Å². The molecule has 25 heavy (non-hydrogen) atoms. The Hall–Kier alpha value is -2.16. The monoisotopic (exact) mass is 358 g/mol. The van der Waals surface area contributed by atoms with E-state index in [9.17, 15) is 19.2 Å². The average molecular weight is 358 g/mol.